The second kappa shape index (κ2) is 7.01. The summed E-state index contributed by atoms with van der Waals surface area (Å²) in [7, 11) is 0. The lowest BCUT2D eigenvalue weighted by molar-refractivity contribution is -0.206. The summed E-state index contributed by atoms with van der Waals surface area (Å²) in [4.78, 5) is 44.4. The van der Waals surface area contributed by atoms with Gasteiger partial charge < -0.3 is 9.47 Å². The zero-order chi connectivity index (χ0) is 15.2. The summed E-state index contributed by atoms with van der Waals surface area (Å²) >= 11 is 0. The molecule has 0 radical (unpaired) electrons. The van der Waals surface area contributed by atoms with Crippen LogP contribution in [0.25, 0.3) is 0 Å². The Bertz CT molecular complexity index is 347. The minimum Gasteiger partial charge on any atom is -0.424 e. The van der Waals surface area contributed by atoms with E-state index in [1.807, 2.05) is 0 Å². The standard InChI is InChI=1S/C13H20O6/c1-8(14)6-10(16)18-12(13(3,4)5)19-11(17)7-9(2)15/h12H,6-7H2,1-5H3. The lowest BCUT2D eigenvalue weighted by Crippen LogP contribution is -2.36. The molecule has 0 aromatic rings. The largest absolute Gasteiger partial charge is 0.424 e. The Morgan fingerprint density at radius 1 is 0.842 bits per heavy atom. The van der Waals surface area contributed by atoms with Crippen molar-refractivity contribution < 1.29 is 28.7 Å². The highest BCUT2D eigenvalue weighted by Crippen LogP contribution is 2.24. The number of esters is 2. The Morgan fingerprint density at radius 2 is 1.16 bits per heavy atom. The van der Waals surface area contributed by atoms with Gasteiger partial charge in [-0.2, -0.15) is 0 Å². The molecule has 0 aliphatic rings. The van der Waals surface area contributed by atoms with Gasteiger partial charge in [-0.1, -0.05) is 20.8 Å². The third-order valence-electron chi connectivity index (χ3n) is 1.97. The first kappa shape index (κ1) is 17.3. The number of carbonyl (C=O) groups is 4. The summed E-state index contributed by atoms with van der Waals surface area (Å²) in [5.41, 5.74) is -0.654. The van der Waals surface area contributed by atoms with Crippen LogP contribution in [0.5, 0.6) is 0 Å². The summed E-state index contributed by atoms with van der Waals surface area (Å²) in [6.07, 6.45) is -1.89. The molecule has 0 aliphatic heterocycles. The van der Waals surface area contributed by atoms with Crippen LogP contribution in [0.4, 0.5) is 0 Å². The maximum atomic E-state index is 11.4. The normalized spacial score (nSPS) is 11.1. The van der Waals surface area contributed by atoms with Crippen LogP contribution in [-0.4, -0.2) is 29.8 Å². The second-order valence-electron chi connectivity index (χ2n) is 5.44. The molecule has 0 aliphatic carbocycles. The van der Waals surface area contributed by atoms with E-state index in [-0.39, 0.29) is 24.4 Å². The number of Topliss-reactive ketones (excluding diaryl/α,β-unsaturated/α-hetero) is 2. The van der Waals surface area contributed by atoms with Crippen molar-refractivity contribution in [3.63, 3.8) is 0 Å². The van der Waals surface area contributed by atoms with Gasteiger partial charge in [0.1, 0.15) is 24.4 Å². The first-order valence-corrected chi connectivity index (χ1v) is 5.90. The minimum absolute atomic E-state index is 0.340. The maximum Gasteiger partial charge on any atom is 0.316 e. The van der Waals surface area contributed by atoms with E-state index in [0.717, 1.165) is 0 Å². The van der Waals surface area contributed by atoms with E-state index in [9.17, 15) is 19.2 Å². The molecule has 0 heterocycles. The van der Waals surface area contributed by atoms with Gasteiger partial charge in [-0.3, -0.25) is 19.2 Å². The van der Waals surface area contributed by atoms with Gasteiger partial charge in [0.15, 0.2) is 0 Å². The van der Waals surface area contributed by atoms with Crippen LogP contribution >= 0.6 is 0 Å². The van der Waals surface area contributed by atoms with E-state index in [1.165, 1.54) is 13.8 Å². The Kier molecular flexibility index (Phi) is 6.38. The lowest BCUT2D eigenvalue weighted by atomic mass is 9.96. The molecule has 0 bridgehead atoms. The van der Waals surface area contributed by atoms with E-state index in [4.69, 9.17) is 9.47 Å². The van der Waals surface area contributed by atoms with Gasteiger partial charge in [0.25, 0.3) is 6.29 Å². The van der Waals surface area contributed by atoms with Gasteiger partial charge in [-0.25, -0.2) is 0 Å². The molecule has 6 nitrogen and oxygen atoms in total. The topological polar surface area (TPSA) is 86.7 Å². The molecule has 0 amide bonds. The van der Waals surface area contributed by atoms with E-state index < -0.39 is 23.6 Å². The van der Waals surface area contributed by atoms with Crippen molar-refractivity contribution in [3.8, 4) is 0 Å². The molecular formula is C13H20O6. The molecular weight excluding hydrogens is 252 g/mol. The summed E-state index contributed by atoms with van der Waals surface area (Å²) in [5.74, 6) is -2.20. The number of hydrogen-bond acceptors (Lipinski definition) is 6. The molecule has 0 N–H and O–H groups in total. The lowest BCUT2D eigenvalue weighted by Gasteiger charge is -2.29. The summed E-state index contributed by atoms with van der Waals surface area (Å²) < 4.78 is 9.93. The van der Waals surface area contributed by atoms with Crippen LogP contribution in [0, 0.1) is 5.41 Å². The summed E-state index contributed by atoms with van der Waals surface area (Å²) in [5, 5.41) is 0. The van der Waals surface area contributed by atoms with Crippen LogP contribution in [0.1, 0.15) is 47.5 Å². The predicted molar refractivity (Wildman–Crippen MR) is 66.0 cm³/mol. The molecule has 0 aromatic heterocycles. The Labute approximate surface area is 112 Å². The monoisotopic (exact) mass is 272 g/mol. The summed E-state index contributed by atoms with van der Waals surface area (Å²) in [6.45, 7) is 7.64. The predicted octanol–water partition coefficient (Wildman–Crippen LogP) is 1.40. The van der Waals surface area contributed by atoms with Gasteiger partial charge in [-0.05, 0) is 13.8 Å². The highest BCUT2D eigenvalue weighted by atomic mass is 16.7. The molecule has 0 saturated carbocycles. The fourth-order valence-corrected chi connectivity index (χ4v) is 1.11. The molecule has 6 heteroatoms. The van der Waals surface area contributed by atoms with Crippen LogP contribution in [0.15, 0.2) is 0 Å². The molecule has 0 fully saturated rings. The first-order chi connectivity index (χ1) is 8.52. The van der Waals surface area contributed by atoms with Crippen LogP contribution in [-0.2, 0) is 28.7 Å². The fraction of sp³-hybridized carbons (Fsp3) is 0.692. The van der Waals surface area contributed by atoms with Crippen molar-refractivity contribution in [1.29, 1.82) is 0 Å². The van der Waals surface area contributed by atoms with Gasteiger partial charge >= 0.3 is 11.9 Å². The fourth-order valence-electron chi connectivity index (χ4n) is 1.11. The molecule has 0 atom stereocenters. The van der Waals surface area contributed by atoms with Crippen molar-refractivity contribution in [2.75, 3.05) is 0 Å². The highest BCUT2D eigenvalue weighted by molar-refractivity contribution is 5.95. The van der Waals surface area contributed by atoms with E-state index in [2.05, 4.69) is 0 Å². The Balaban J connectivity index is 4.66. The van der Waals surface area contributed by atoms with Crippen molar-refractivity contribution in [3.05, 3.63) is 0 Å². The number of rotatable bonds is 6. The third kappa shape index (κ3) is 8.07. The summed E-state index contributed by atoms with van der Waals surface area (Å²) in [6, 6.07) is 0. The van der Waals surface area contributed by atoms with Crippen molar-refractivity contribution in [2.24, 2.45) is 5.41 Å². The Hall–Kier alpha value is -1.72. The zero-order valence-electron chi connectivity index (χ0n) is 11.9. The number of ketones is 2. The smallest absolute Gasteiger partial charge is 0.316 e. The van der Waals surface area contributed by atoms with Crippen LogP contribution in [0.3, 0.4) is 0 Å². The highest BCUT2D eigenvalue weighted by Gasteiger charge is 2.32. The molecule has 0 saturated heterocycles. The maximum absolute atomic E-state index is 11.4. The van der Waals surface area contributed by atoms with E-state index in [1.54, 1.807) is 20.8 Å². The number of hydrogen-bond donors (Lipinski definition) is 0. The second-order valence-corrected chi connectivity index (χ2v) is 5.44. The van der Waals surface area contributed by atoms with Crippen LogP contribution in [0.2, 0.25) is 0 Å². The van der Waals surface area contributed by atoms with Gasteiger partial charge in [0.2, 0.25) is 0 Å². The Morgan fingerprint density at radius 3 is 1.37 bits per heavy atom. The van der Waals surface area contributed by atoms with E-state index >= 15 is 0 Å². The first-order valence-electron chi connectivity index (χ1n) is 5.90. The third-order valence-corrected chi connectivity index (χ3v) is 1.97. The average Bonchev–Trinajstić information content (AvgIpc) is 2.11. The quantitative estimate of drug-likeness (QED) is 0.412. The molecule has 0 aromatic carbocycles. The minimum atomic E-state index is -1.13. The van der Waals surface area contributed by atoms with Crippen LogP contribution < -0.4 is 0 Å². The van der Waals surface area contributed by atoms with Gasteiger partial charge in [-0.15, -0.1) is 0 Å². The number of ether oxygens (including phenoxy) is 2. The van der Waals surface area contributed by atoms with Crippen molar-refractivity contribution in [1.82, 2.24) is 0 Å². The van der Waals surface area contributed by atoms with Crippen molar-refractivity contribution >= 4 is 23.5 Å². The molecule has 19 heavy (non-hydrogen) atoms. The SMILES string of the molecule is CC(=O)CC(=O)OC(OC(=O)CC(C)=O)C(C)(C)C. The van der Waals surface area contributed by atoms with Gasteiger partial charge in [0, 0.05) is 5.41 Å². The molecule has 0 rings (SSSR count). The average molecular weight is 272 g/mol. The molecule has 108 valence electrons. The molecule has 0 spiro atoms. The number of carbonyl (C=O) groups excluding carboxylic acids is 4. The molecule has 0 unspecified atom stereocenters. The van der Waals surface area contributed by atoms with Crippen molar-refractivity contribution in [2.45, 2.75) is 53.8 Å². The van der Waals surface area contributed by atoms with E-state index in [0.29, 0.717) is 0 Å². The zero-order valence-corrected chi connectivity index (χ0v) is 11.9. The van der Waals surface area contributed by atoms with Gasteiger partial charge in [0.05, 0.1) is 0 Å².